The number of rotatable bonds is 2. The van der Waals surface area contributed by atoms with Gasteiger partial charge in [0.05, 0.1) is 11.9 Å². The van der Waals surface area contributed by atoms with Crippen molar-refractivity contribution in [3.63, 3.8) is 0 Å². The highest BCUT2D eigenvalue weighted by Gasteiger charge is 2.18. The number of nitrogens with zero attached hydrogens (tertiary/aromatic N) is 2. The van der Waals surface area contributed by atoms with Gasteiger partial charge < -0.3 is 10.6 Å². The second kappa shape index (κ2) is 4.73. The van der Waals surface area contributed by atoms with Crippen molar-refractivity contribution in [3.05, 3.63) is 17.8 Å². The molecule has 1 aromatic heterocycles. The first kappa shape index (κ1) is 11.2. The van der Waals surface area contributed by atoms with Crippen molar-refractivity contribution in [1.82, 2.24) is 4.98 Å². The number of piperidine rings is 1. The molecule has 0 atom stereocenters. The molecule has 88 valence electrons. The van der Waals surface area contributed by atoms with Gasteiger partial charge in [0, 0.05) is 13.1 Å². The minimum Gasteiger partial charge on any atom is -0.397 e. The Labute approximate surface area is 97.7 Å². The third-order valence-electron chi connectivity index (χ3n) is 3.65. The standard InChI is InChI=1S/C13H21N3/c1-3-11-4-6-16(7-5-11)13-8-10(2)12(14)9-15-13/h8-9,11H,3-7,14H2,1-2H3. The van der Waals surface area contributed by atoms with Crippen LogP contribution < -0.4 is 10.6 Å². The van der Waals surface area contributed by atoms with Gasteiger partial charge in [-0.15, -0.1) is 0 Å². The molecule has 0 radical (unpaired) electrons. The van der Waals surface area contributed by atoms with Gasteiger partial charge in [-0.05, 0) is 37.3 Å². The molecule has 3 heteroatoms. The first-order valence-electron chi connectivity index (χ1n) is 6.17. The maximum absolute atomic E-state index is 5.78. The van der Waals surface area contributed by atoms with Gasteiger partial charge in [0.15, 0.2) is 0 Å². The van der Waals surface area contributed by atoms with Crippen molar-refractivity contribution >= 4 is 11.5 Å². The second-order valence-corrected chi connectivity index (χ2v) is 4.74. The average Bonchev–Trinajstić information content (AvgIpc) is 2.33. The summed E-state index contributed by atoms with van der Waals surface area (Å²) < 4.78 is 0. The number of nitrogen functional groups attached to an aromatic ring is 1. The Hall–Kier alpha value is -1.25. The highest BCUT2D eigenvalue weighted by atomic mass is 15.2. The van der Waals surface area contributed by atoms with Crippen LogP contribution in [0.25, 0.3) is 0 Å². The van der Waals surface area contributed by atoms with Crippen molar-refractivity contribution in [3.8, 4) is 0 Å². The van der Waals surface area contributed by atoms with E-state index in [-0.39, 0.29) is 0 Å². The van der Waals surface area contributed by atoms with Crippen LogP contribution in [-0.4, -0.2) is 18.1 Å². The van der Waals surface area contributed by atoms with Crippen molar-refractivity contribution < 1.29 is 0 Å². The van der Waals surface area contributed by atoms with Gasteiger partial charge in [-0.25, -0.2) is 4.98 Å². The van der Waals surface area contributed by atoms with Crippen molar-refractivity contribution in [1.29, 1.82) is 0 Å². The molecular weight excluding hydrogens is 198 g/mol. The lowest BCUT2D eigenvalue weighted by molar-refractivity contribution is 0.394. The average molecular weight is 219 g/mol. The van der Waals surface area contributed by atoms with Crippen LogP contribution in [0.5, 0.6) is 0 Å². The fraction of sp³-hybridized carbons (Fsp3) is 0.615. The van der Waals surface area contributed by atoms with Gasteiger partial charge in [-0.2, -0.15) is 0 Å². The first-order chi connectivity index (χ1) is 7.70. The molecule has 0 aromatic carbocycles. The predicted octanol–water partition coefficient (Wildman–Crippen LogP) is 2.60. The van der Waals surface area contributed by atoms with Gasteiger partial charge in [-0.3, -0.25) is 0 Å². The molecule has 2 rings (SSSR count). The van der Waals surface area contributed by atoms with E-state index in [9.17, 15) is 0 Å². The molecule has 16 heavy (non-hydrogen) atoms. The molecule has 0 amide bonds. The Morgan fingerprint density at radius 2 is 2.12 bits per heavy atom. The van der Waals surface area contributed by atoms with E-state index in [1.54, 1.807) is 6.20 Å². The van der Waals surface area contributed by atoms with E-state index in [4.69, 9.17) is 5.73 Å². The molecule has 1 saturated heterocycles. The fourth-order valence-electron chi connectivity index (χ4n) is 2.29. The summed E-state index contributed by atoms with van der Waals surface area (Å²) in [6.07, 6.45) is 5.67. The lowest BCUT2D eigenvalue weighted by atomic mass is 9.94. The van der Waals surface area contributed by atoms with E-state index < -0.39 is 0 Å². The lowest BCUT2D eigenvalue weighted by Crippen LogP contribution is -2.34. The largest absolute Gasteiger partial charge is 0.397 e. The van der Waals surface area contributed by atoms with E-state index >= 15 is 0 Å². The topological polar surface area (TPSA) is 42.1 Å². The molecule has 0 bridgehead atoms. The van der Waals surface area contributed by atoms with Crippen molar-refractivity contribution in [2.45, 2.75) is 33.1 Å². The summed E-state index contributed by atoms with van der Waals surface area (Å²) in [5, 5.41) is 0. The highest BCUT2D eigenvalue weighted by Crippen LogP contribution is 2.25. The smallest absolute Gasteiger partial charge is 0.128 e. The summed E-state index contributed by atoms with van der Waals surface area (Å²) in [6, 6.07) is 2.10. The van der Waals surface area contributed by atoms with E-state index in [0.29, 0.717) is 0 Å². The fourth-order valence-corrected chi connectivity index (χ4v) is 2.29. The van der Waals surface area contributed by atoms with Gasteiger partial charge in [0.2, 0.25) is 0 Å². The zero-order valence-corrected chi connectivity index (χ0v) is 10.2. The highest BCUT2D eigenvalue weighted by molar-refractivity contribution is 5.52. The third kappa shape index (κ3) is 2.29. The Balaban J connectivity index is 2.05. The maximum Gasteiger partial charge on any atom is 0.128 e. The van der Waals surface area contributed by atoms with Crippen LogP contribution >= 0.6 is 0 Å². The van der Waals surface area contributed by atoms with Gasteiger partial charge in [-0.1, -0.05) is 13.3 Å². The summed E-state index contributed by atoms with van der Waals surface area (Å²) in [4.78, 5) is 6.79. The zero-order valence-electron chi connectivity index (χ0n) is 10.2. The molecule has 0 unspecified atom stereocenters. The Bertz CT molecular complexity index is 354. The van der Waals surface area contributed by atoms with Crippen LogP contribution in [0.4, 0.5) is 11.5 Å². The number of anilines is 2. The van der Waals surface area contributed by atoms with Crippen molar-refractivity contribution in [2.75, 3.05) is 23.7 Å². The summed E-state index contributed by atoms with van der Waals surface area (Å²) in [5.74, 6) is 1.99. The summed E-state index contributed by atoms with van der Waals surface area (Å²) in [7, 11) is 0. The molecule has 2 N–H and O–H groups in total. The van der Waals surface area contributed by atoms with E-state index in [0.717, 1.165) is 36.1 Å². The number of hydrogen-bond donors (Lipinski definition) is 1. The predicted molar refractivity (Wildman–Crippen MR) is 68.6 cm³/mol. The Morgan fingerprint density at radius 1 is 1.44 bits per heavy atom. The summed E-state index contributed by atoms with van der Waals surface area (Å²) >= 11 is 0. The van der Waals surface area contributed by atoms with Crippen LogP contribution in [0, 0.1) is 12.8 Å². The minimum absolute atomic E-state index is 0.784. The van der Waals surface area contributed by atoms with Crippen molar-refractivity contribution in [2.24, 2.45) is 5.92 Å². The molecular formula is C13H21N3. The van der Waals surface area contributed by atoms with Crippen LogP contribution in [0.1, 0.15) is 31.7 Å². The molecule has 0 spiro atoms. The minimum atomic E-state index is 0.784. The van der Waals surface area contributed by atoms with Crippen LogP contribution in [0.15, 0.2) is 12.3 Å². The summed E-state index contributed by atoms with van der Waals surface area (Å²) in [5.41, 5.74) is 7.69. The molecule has 2 heterocycles. The van der Waals surface area contributed by atoms with E-state index in [1.807, 2.05) is 6.92 Å². The number of pyridine rings is 1. The second-order valence-electron chi connectivity index (χ2n) is 4.74. The number of aromatic nitrogens is 1. The number of aryl methyl sites for hydroxylation is 1. The monoisotopic (exact) mass is 219 g/mol. The summed E-state index contributed by atoms with van der Waals surface area (Å²) in [6.45, 7) is 6.59. The van der Waals surface area contributed by atoms with Gasteiger partial charge in [0.1, 0.15) is 5.82 Å². The third-order valence-corrected chi connectivity index (χ3v) is 3.65. The molecule has 1 aromatic rings. The van der Waals surface area contributed by atoms with Crippen LogP contribution in [-0.2, 0) is 0 Å². The number of hydrogen-bond acceptors (Lipinski definition) is 3. The van der Waals surface area contributed by atoms with Gasteiger partial charge in [0.25, 0.3) is 0 Å². The normalized spacial score (nSPS) is 17.8. The van der Waals surface area contributed by atoms with Crippen LogP contribution in [0.3, 0.4) is 0 Å². The SMILES string of the molecule is CCC1CCN(c2cc(C)c(N)cn2)CC1. The molecule has 1 aliphatic heterocycles. The zero-order chi connectivity index (χ0) is 11.5. The van der Waals surface area contributed by atoms with E-state index in [2.05, 4.69) is 22.9 Å². The Kier molecular flexibility index (Phi) is 3.32. The Morgan fingerprint density at radius 3 is 2.69 bits per heavy atom. The quantitative estimate of drug-likeness (QED) is 0.831. The first-order valence-corrected chi connectivity index (χ1v) is 6.17. The number of nitrogens with two attached hydrogens (primary N) is 1. The van der Waals surface area contributed by atoms with Gasteiger partial charge >= 0.3 is 0 Å². The molecule has 0 aliphatic carbocycles. The molecule has 1 fully saturated rings. The lowest BCUT2D eigenvalue weighted by Gasteiger charge is -2.32. The molecule has 3 nitrogen and oxygen atoms in total. The molecule has 0 saturated carbocycles. The molecule has 1 aliphatic rings. The maximum atomic E-state index is 5.78. The van der Waals surface area contributed by atoms with E-state index in [1.165, 1.54) is 19.3 Å². The van der Waals surface area contributed by atoms with Crippen LogP contribution in [0.2, 0.25) is 0 Å².